The molecule has 1 aliphatic carbocycles. The number of rotatable bonds is 3. The molecule has 1 aromatic rings. The fourth-order valence-corrected chi connectivity index (χ4v) is 2.88. The molecule has 0 aromatic carbocycles. The van der Waals surface area contributed by atoms with Crippen LogP contribution in [0.3, 0.4) is 0 Å². The van der Waals surface area contributed by atoms with Gasteiger partial charge in [0.05, 0.1) is 5.69 Å². The summed E-state index contributed by atoms with van der Waals surface area (Å²) in [6.07, 6.45) is 8.57. The molecule has 1 aliphatic rings. The average Bonchev–Trinajstić information content (AvgIpc) is 2.38. The van der Waals surface area contributed by atoms with Crippen LogP contribution in [0.4, 0.5) is 5.82 Å². The van der Waals surface area contributed by atoms with Gasteiger partial charge in [-0.3, -0.25) is 4.98 Å². The first kappa shape index (κ1) is 12.3. The minimum Gasteiger partial charge on any atom is -0.355 e. The van der Waals surface area contributed by atoms with Crippen LogP contribution in [0.1, 0.15) is 31.4 Å². The Hall–Kier alpha value is -1.16. The van der Waals surface area contributed by atoms with Crippen molar-refractivity contribution in [3.8, 4) is 0 Å². The molecular formula is C13H22N4. The van der Waals surface area contributed by atoms with Gasteiger partial charge in [0.25, 0.3) is 0 Å². The zero-order valence-electron chi connectivity index (χ0n) is 10.8. The topological polar surface area (TPSA) is 55.0 Å². The van der Waals surface area contributed by atoms with E-state index in [1.54, 1.807) is 12.4 Å². The van der Waals surface area contributed by atoms with Crippen molar-refractivity contribution in [3.05, 3.63) is 18.1 Å². The molecule has 4 heteroatoms. The lowest BCUT2D eigenvalue weighted by Crippen LogP contribution is -2.43. The van der Waals surface area contributed by atoms with Crippen LogP contribution in [-0.4, -0.2) is 29.6 Å². The van der Waals surface area contributed by atoms with Gasteiger partial charge in [0, 0.05) is 25.5 Å². The van der Waals surface area contributed by atoms with Gasteiger partial charge in [0.2, 0.25) is 0 Å². The summed E-state index contributed by atoms with van der Waals surface area (Å²) < 4.78 is 0. The molecular weight excluding hydrogens is 212 g/mol. The minimum atomic E-state index is 0.518. The van der Waals surface area contributed by atoms with Gasteiger partial charge >= 0.3 is 0 Å². The van der Waals surface area contributed by atoms with E-state index < -0.39 is 0 Å². The maximum Gasteiger partial charge on any atom is 0.150 e. The monoisotopic (exact) mass is 234 g/mol. The van der Waals surface area contributed by atoms with Gasteiger partial charge in [-0.05, 0) is 32.2 Å². The van der Waals surface area contributed by atoms with Crippen LogP contribution in [0.25, 0.3) is 0 Å². The number of hydrogen-bond acceptors (Lipinski definition) is 4. The highest BCUT2D eigenvalue weighted by Crippen LogP contribution is 2.30. The lowest BCUT2D eigenvalue weighted by molar-refractivity contribution is 0.305. The Kier molecular flexibility index (Phi) is 3.94. The highest BCUT2D eigenvalue weighted by molar-refractivity contribution is 5.42. The van der Waals surface area contributed by atoms with Crippen LogP contribution in [0.5, 0.6) is 0 Å². The number of anilines is 1. The van der Waals surface area contributed by atoms with Crippen molar-refractivity contribution in [1.29, 1.82) is 0 Å². The quantitative estimate of drug-likeness (QED) is 0.865. The van der Waals surface area contributed by atoms with Crippen molar-refractivity contribution in [3.63, 3.8) is 0 Å². The predicted molar refractivity (Wildman–Crippen MR) is 70.0 cm³/mol. The molecule has 0 aliphatic heterocycles. The Labute approximate surface area is 103 Å². The molecule has 0 saturated heterocycles. The number of aromatic nitrogens is 2. The molecule has 2 N–H and O–H groups in total. The Morgan fingerprint density at radius 1 is 1.29 bits per heavy atom. The largest absolute Gasteiger partial charge is 0.355 e. The summed E-state index contributed by atoms with van der Waals surface area (Å²) in [6.45, 7) is 2.79. The molecule has 4 nitrogen and oxygen atoms in total. The Morgan fingerprint density at radius 3 is 2.71 bits per heavy atom. The van der Waals surface area contributed by atoms with Gasteiger partial charge in [0.15, 0.2) is 0 Å². The molecule has 0 spiro atoms. The van der Waals surface area contributed by atoms with Crippen LogP contribution in [0.15, 0.2) is 12.4 Å². The van der Waals surface area contributed by atoms with Gasteiger partial charge in [-0.15, -0.1) is 0 Å². The molecule has 1 heterocycles. The van der Waals surface area contributed by atoms with Crippen LogP contribution in [0.2, 0.25) is 0 Å². The zero-order chi connectivity index (χ0) is 12.3. The van der Waals surface area contributed by atoms with Gasteiger partial charge in [0.1, 0.15) is 5.82 Å². The standard InChI is InChI=1S/C13H22N4/c1-10-13(16-8-7-15-10)17(2)12-6-4-3-5-11(12)9-14/h7-8,11-12H,3-6,9,14H2,1-2H3. The molecule has 1 saturated carbocycles. The molecule has 1 aromatic heterocycles. The number of nitrogens with zero attached hydrogens (tertiary/aromatic N) is 3. The second kappa shape index (κ2) is 5.45. The molecule has 1 fully saturated rings. The van der Waals surface area contributed by atoms with E-state index in [1.807, 2.05) is 6.92 Å². The summed E-state index contributed by atoms with van der Waals surface area (Å²) in [6, 6.07) is 0.518. The summed E-state index contributed by atoms with van der Waals surface area (Å²) in [5.74, 6) is 1.59. The van der Waals surface area contributed by atoms with Crippen molar-refractivity contribution in [2.45, 2.75) is 38.6 Å². The summed E-state index contributed by atoms with van der Waals surface area (Å²) in [5, 5.41) is 0. The zero-order valence-corrected chi connectivity index (χ0v) is 10.8. The second-order valence-electron chi connectivity index (χ2n) is 4.92. The number of aryl methyl sites for hydroxylation is 1. The molecule has 0 radical (unpaired) electrons. The van der Waals surface area contributed by atoms with Gasteiger partial charge in [-0.2, -0.15) is 0 Å². The predicted octanol–water partition coefficient (Wildman–Crippen LogP) is 1.74. The van der Waals surface area contributed by atoms with Crippen LogP contribution in [0, 0.1) is 12.8 Å². The normalized spacial score (nSPS) is 24.6. The van der Waals surface area contributed by atoms with Crippen LogP contribution < -0.4 is 10.6 Å². The molecule has 2 unspecified atom stereocenters. The Bertz CT molecular complexity index is 366. The van der Waals surface area contributed by atoms with E-state index in [2.05, 4.69) is 21.9 Å². The highest BCUT2D eigenvalue weighted by atomic mass is 15.2. The van der Waals surface area contributed by atoms with E-state index in [0.29, 0.717) is 12.0 Å². The van der Waals surface area contributed by atoms with Gasteiger partial charge < -0.3 is 10.6 Å². The van der Waals surface area contributed by atoms with E-state index >= 15 is 0 Å². The molecule has 94 valence electrons. The van der Waals surface area contributed by atoms with E-state index in [-0.39, 0.29) is 0 Å². The summed E-state index contributed by atoms with van der Waals surface area (Å²) in [7, 11) is 2.12. The average molecular weight is 234 g/mol. The van der Waals surface area contributed by atoms with Crippen LogP contribution >= 0.6 is 0 Å². The molecule has 2 rings (SSSR count). The van der Waals surface area contributed by atoms with Crippen molar-refractivity contribution >= 4 is 5.82 Å². The summed E-state index contributed by atoms with van der Waals surface area (Å²) in [5.41, 5.74) is 6.88. The third kappa shape index (κ3) is 2.57. The third-order valence-electron chi connectivity index (χ3n) is 3.86. The Balaban J connectivity index is 2.18. The van der Waals surface area contributed by atoms with Gasteiger partial charge in [-0.25, -0.2) is 4.98 Å². The molecule has 17 heavy (non-hydrogen) atoms. The van der Waals surface area contributed by atoms with Crippen molar-refractivity contribution in [1.82, 2.24) is 9.97 Å². The number of nitrogens with two attached hydrogens (primary N) is 1. The van der Waals surface area contributed by atoms with Crippen molar-refractivity contribution in [2.24, 2.45) is 11.7 Å². The lowest BCUT2D eigenvalue weighted by Gasteiger charge is -2.38. The third-order valence-corrected chi connectivity index (χ3v) is 3.86. The minimum absolute atomic E-state index is 0.518. The summed E-state index contributed by atoms with van der Waals surface area (Å²) >= 11 is 0. The first-order valence-electron chi connectivity index (χ1n) is 6.44. The molecule has 0 bridgehead atoms. The summed E-state index contributed by atoms with van der Waals surface area (Å²) in [4.78, 5) is 11.0. The maximum atomic E-state index is 5.88. The lowest BCUT2D eigenvalue weighted by atomic mass is 9.83. The first-order chi connectivity index (χ1) is 8.24. The van der Waals surface area contributed by atoms with E-state index in [0.717, 1.165) is 18.1 Å². The maximum absolute atomic E-state index is 5.88. The van der Waals surface area contributed by atoms with Gasteiger partial charge in [-0.1, -0.05) is 12.8 Å². The van der Waals surface area contributed by atoms with Crippen LogP contribution in [-0.2, 0) is 0 Å². The van der Waals surface area contributed by atoms with Crippen molar-refractivity contribution < 1.29 is 0 Å². The van der Waals surface area contributed by atoms with E-state index in [4.69, 9.17) is 5.73 Å². The second-order valence-corrected chi connectivity index (χ2v) is 4.92. The molecule has 2 atom stereocenters. The smallest absolute Gasteiger partial charge is 0.150 e. The highest BCUT2D eigenvalue weighted by Gasteiger charge is 2.28. The number of hydrogen-bond donors (Lipinski definition) is 1. The first-order valence-corrected chi connectivity index (χ1v) is 6.44. The molecule has 0 amide bonds. The SMILES string of the molecule is Cc1nccnc1N(C)C1CCCCC1CN. The van der Waals surface area contributed by atoms with E-state index in [1.165, 1.54) is 25.7 Å². The fraction of sp³-hybridized carbons (Fsp3) is 0.692. The van der Waals surface area contributed by atoms with E-state index in [9.17, 15) is 0 Å². The Morgan fingerprint density at radius 2 is 2.00 bits per heavy atom. The van der Waals surface area contributed by atoms with Crippen molar-refractivity contribution in [2.75, 3.05) is 18.5 Å². The fourth-order valence-electron chi connectivity index (χ4n) is 2.88.